The molecule has 1 atom stereocenters. The zero-order valence-electron chi connectivity index (χ0n) is 19.5. The van der Waals surface area contributed by atoms with Crippen molar-refractivity contribution in [2.75, 3.05) is 12.4 Å². The predicted molar refractivity (Wildman–Crippen MR) is 129 cm³/mol. The van der Waals surface area contributed by atoms with Gasteiger partial charge < -0.3 is 15.3 Å². The van der Waals surface area contributed by atoms with Crippen molar-refractivity contribution in [1.82, 2.24) is 4.90 Å². The van der Waals surface area contributed by atoms with Gasteiger partial charge >= 0.3 is 5.97 Å². The molecule has 2 N–H and O–H groups in total. The van der Waals surface area contributed by atoms with Gasteiger partial charge in [-0.3, -0.25) is 9.59 Å². The van der Waals surface area contributed by atoms with E-state index in [0.717, 1.165) is 11.1 Å². The summed E-state index contributed by atoms with van der Waals surface area (Å²) in [7, 11) is 1.50. The molecular formula is C27H27FN2O4. The van der Waals surface area contributed by atoms with Gasteiger partial charge in [0.1, 0.15) is 11.9 Å². The van der Waals surface area contributed by atoms with Gasteiger partial charge in [0.2, 0.25) is 0 Å². The fraction of sp³-hybridized carbons (Fsp3) is 0.222. The van der Waals surface area contributed by atoms with E-state index in [0.29, 0.717) is 22.4 Å². The second kappa shape index (κ2) is 10.3. The molecule has 0 saturated carbocycles. The zero-order chi connectivity index (χ0) is 25.0. The third-order valence-electron chi connectivity index (χ3n) is 5.65. The molecule has 0 radical (unpaired) electrons. The lowest BCUT2D eigenvalue weighted by Crippen LogP contribution is -2.45. The van der Waals surface area contributed by atoms with Gasteiger partial charge in [0.25, 0.3) is 11.8 Å². The van der Waals surface area contributed by atoms with E-state index in [1.165, 1.54) is 30.1 Å². The number of carboxylic acids is 1. The maximum Gasteiger partial charge on any atom is 0.326 e. The largest absolute Gasteiger partial charge is 0.480 e. The minimum atomic E-state index is -1.04. The van der Waals surface area contributed by atoms with Crippen molar-refractivity contribution in [3.8, 4) is 11.1 Å². The van der Waals surface area contributed by atoms with Crippen LogP contribution in [0.15, 0.2) is 66.7 Å². The van der Waals surface area contributed by atoms with Crippen LogP contribution in [-0.4, -0.2) is 40.9 Å². The Morgan fingerprint density at radius 2 is 1.41 bits per heavy atom. The number of aliphatic carboxylic acids is 1. The smallest absolute Gasteiger partial charge is 0.326 e. The van der Waals surface area contributed by atoms with Gasteiger partial charge in [-0.05, 0) is 72.0 Å². The number of carbonyl (C=O) groups is 3. The van der Waals surface area contributed by atoms with E-state index in [2.05, 4.69) is 5.32 Å². The summed E-state index contributed by atoms with van der Waals surface area (Å²) in [5, 5.41) is 12.2. The Hall–Kier alpha value is -4.00. The quantitative estimate of drug-likeness (QED) is 0.503. The van der Waals surface area contributed by atoms with Crippen LogP contribution < -0.4 is 5.32 Å². The van der Waals surface area contributed by atoms with Gasteiger partial charge in [-0.25, -0.2) is 9.18 Å². The summed E-state index contributed by atoms with van der Waals surface area (Å²) in [4.78, 5) is 37.9. The number of anilines is 1. The number of halogens is 1. The number of hydrogen-bond acceptors (Lipinski definition) is 3. The van der Waals surface area contributed by atoms with Gasteiger partial charge in [-0.2, -0.15) is 0 Å². The van der Waals surface area contributed by atoms with Crippen molar-refractivity contribution in [3.63, 3.8) is 0 Å². The Morgan fingerprint density at radius 3 is 1.91 bits per heavy atom. The van der Waals surface area contributed by atoms with Crippen LogP contribution >= 0.6 is 0 Å². The van der Waals surface area contributed by atoms with Crippen LogP contribution in [0.3, 0.4) is 0 Å². The van der Waals surface area contributed by atoms with Crippen LogP contribution in [-0.2, 0) is 4.79 Å². The van der Waals surface area contributed by atoms with Crippen molar-refractivity contribution < 1.29 is 23.9 Å². The summed E-state index contributed by atoms with van der Waals surface area (Å²) in [5.41, 5.74) is 3.52. The average molecular weight is 463 g/mol. The third-order valence-corrected chi connectivity index (χ3v) is 5.65. The molecule has 3 rings (SSSR count). The van der Waals surface area contributed by atoms with Crippen LogP contribution in [0.2, 0.25) is 0 Å². The second-order valence-electron chi connectivity index (χ2n) is 8.52. The Morgan fingerprint density at radius 1 is 0.882 bits per heavy atom. The summed E-state index contributed by atoms with van der Waals surface area (Å²) in [6.07, 6.45) is 0. The van der Waals surface area contributed by atoms with Crippen molar-refractivity contribution in [1.29, 1.82) is 0 Å². The summed E-state index contributed by atoms with van der Waals surface area (Å²) >= 11 is 0. The fourth-order valence-electron chi connectivity index (χ4n) is 3.77. The van der Waals surface area contributed by atoms with Crippen LogP contribution in [0.1, 0.15) is 40.1 Å². The summed E-state index contributed by atoms with van der Waals surface area (Å²) in [5.74, 6) is -2.31. The van der Waals surface area contributed by atoms with Gasteiger partial charge in [0.05, 0.1) is 0 Å². The molecule has 0 spiro atoms. The molecule has 2 amide bonds. The molecule has 0 aromatic heterocycles. The van der Waals surface area contributed by atoms with Crippen LogP contribution in [0.4, 0.5) is 10.1 Å². The third kappa shape index (κ3) is 5.49. The molecule has 0 heterocycles. The van der Waals surface area contributed by atoms with E-state index in [9.17, 15) is 23.9 Å². The van der Waals surface area contributed by atoms with Gasteiger partial charge in [0.15, 0.2) is 0 Å². The first-order chi connectivity index (χ1) is 16.1. The van der Waals surface area contributed by atoms with Gasteiger partial charge in [-0.1, -0.05) is 38.1 Å². The molecule has 0 bridgehead atoms. The zero-order valence-corrected chi connectivity index (χ0v) is 19.5. The SMILES string of the molecule is Cc1cc(C(=O)Nc2ccc(-c3ccc(C(=O)N(C)[C@H](C(=O)O)C(C)C)cc3)cc2)ccc1F. The first-order valence-electron chi connectivity index (χ1n) is 10.9. The van der Waals surface area contributed by atoms with E-state index in [4.69, 9.17) is 0 Å². The van der Waals surface area contributed by atoms with Crippen LogP contribution in [0.5, 0.6) is 0 Å². The molecule has 0 aliphatic rings. The topological polar surface area (TPSA) is 86.7 Å². The predicted octanol–water partition coefficient (Wildman–Crippen LogP) is 5.23. The van der Waals surface area contributed by atoms with Crippen LogP contribution in [0.25, 0.3) is 11.1 Å². The van der Waals surface area contributed by atoms with Crippen LogP contribution in [0, 0.1) is 18.7 Å². The molecule has 6 nitrogen and oxygen atoms in total. The van der Waals surface area contributed by atoms with Gasteiger partial charge in [-0.15, -0.1) is 0 Å². The molecule has 3 aromatic carbocycles. The monoisotopic (exact) mass is 462 g/mol. The van der Waals surface area contributed by atoms with E-state index in [1.54, 1.807) is 57.2 Å². The van der Waals surface area contributed by atoms with E-state index >= 15 is 0 Å². The lowest BCUT2D eigenvalue weighted by molar-refractivity contribution is -0.143. The number of benzene rings is 3. The summed E-state index contributed by atoms with van der Waals surface area (Å²) in [6, 6.07) is 17.4. The maximum absolute atomic E-state index is 13.4. The molecule has 7 heteroatoms. The lowest BCUT2D eigenvalue weighted by atomic mass is 10.0. The summed E-state index contributed by atoms with van der Waals surface area (Å²) < 4.78 is 13.4. The molecule has 0 aliphatic heterocycles. The minimum Gasteiger partial charge on any atom is -0.480 e. The van der Waals surface area contributed by atoms with E-state index in [-0.39, 0.29) is 23.5 Å². The number of carbonyl (C=O) groups excluding carboxylic acids is 2. The molecule has 3 aromatic rings. The molecule has 0 fully saturated rings. The first kappa shape index (κ1) is 24.6. The molecular weight excluding hydrogens is 435 g/mol. The Balaban J connectivity index is 1.70. The number of nitrogens with one attached hydrogen (secondary N) is 1. The van der Waals surface area contributed by atoms with E-state index < -0.39 is 12.0 Å². The minimum absolute atomic E-state index is 0.225. The fourth-order valence-corrected chi connectivity index (χ4v) is 3.77. The number of carboxylic acid groups (broad SMARTS) is 1. The molecule has 176 valence electrons. The number of rotatable bonds is 7. The molecule has 0 unspecified atom stereocenters. The Kier molecular flexibility index (Phi) is 7.46. The molecule has 0 saturated heterocycles. The number of hydrogen-bond donors (Lipinski definition) is 2. The molecule has 0 aliphatic carbocycles. The highest BCUT2D eigenvalue weighted by Gasteiger charge is 2.30. The standard InChI is InChI=1S/C27H27FN2O4/c1-16(2)24(27(33)34)30(4)26(32)20-7-5-18(6-8-20)19-9-12-22(13-10-19)29-25(31)21-11-14-23(28)17(3)15-21/h5-16,24H,1-4H3,(H,29,31)(H,33,34)/t24-/m0/s1. The van der Waals surface area contributed by atoms with Crippen molar-refractivity contribution >= 4 is 23.5 Å². The highest BCUT2D eigenvalue weighted by atomic mass is 19.1. The number of likely N-dealkylation sites (N-methyl/N-ethyl adjacent to an activating group) is 1. The average Bonchev–Trinajstić information content (AvgIpc) is 2.80. The second-order valence-corrected chi connectivity index (χ2v) is 8.52. The lowest BCUT2D eigenvalue weighted by Gasteiger charge is -2.27. The number of nitrogens with zero attached hydrogens (tertiary/aromatic N) is 1. The first-order valence-corrected chi connectivity index (χ1v) is 10.9. The van der Waals surface area contributed by atoms with Crippen molar-refractivity contribution in [2.24, 2.45) is 5.92 Å². The van der Waals surface area contributed by atoms with Gasteiger partial charge in [0, 0.05) is 23.9 Å². The maximum atomic E-state index is 13.4. The Labute approximate surface area is 198 Å². The number of amides is 2. The van der Waals surface area contributed by atoms with Crippen molar-refractivity contribution in [2.45, 2.75) is 26.8 Å². The summed E-state index contributed by atoms with van der Waals surface area (Å²) in [6.45, 7) is 5.13. The highest BCUT2D eigenvalue weighted by molar-refractivity contribution is 6.04. The highest BCUT2D eigenvalue weighted by Crippen LogP contribution is 2.23. The van der Waals surface area contributed by atoms with Crippen molar-refractivity contribution in [3.05, 3.63) is 89.2 Å². The number of aryl methyl sites for hydroxylation is 1. The molecule has 34 heavy (non-hydrogen) atoms. The van der Waals surface area contributed by atoms with E-state index in [1.807, 2.05) is 12.1 Å². The Bertz CT molecular complexity index is 1200. The normalized spacial score (nSPS) is 11.7.